The van der Waals surface area contributed by atoms with Crippen LogP contribution in [0, 0.1) is 41.4 Å². The highest BCUT2D eigenvalue weighted by Crippen LogP contribution is 2.54. The van der Waals surface area contributed by atoms with Gasteiger partial charge in [-0.2, -0.15) is 0 Å². The number of amides is 1. The lowest BCUT2D eigenvalue weighted by Crippen LogP contribution is -2.63. The van der Waals surface area contributed by atoms with Crippen LogP contribution in [0.3, 0.4) is 0 Å². The maximum absolute atomic E-state index is 14.8. The van der Waals surface area contributed by atoms with E-state index >= 15 is 0 Å². The molecule has 372 valence electrons. The number of rotatable bonds is 19. The lowest BCUT2D eigenvalue weighted by molar-refractivity contribution is -0.408. The first-order valence-electron chi connectivity index (χ1n) is 25.0. The Morgan fingerprint density at radius 1 is 0.954 bits per heavy atom. The number of aliphatic hydroxyl groups is 2. The highest BCUT2D eigenvalue weighted by atomic mass is 16.8. The molecule has 0 aromatic rings. The Bertz CT molecular complexity index is 1640. The number of ketones is 1. The number of alkyl carbamates (subject to hydrolysis) is 1. The lowest BCUT2D eigenvalue weighted by Gasteiger charge is -2.54. The summed E-state index contributed by atoms with van der Waals surface area (Å²) in [5, 5.41) is 26.1. The second kappa shape index (κ2) is 22.3. The van der Waals surface area contributed by atoms with Gasteiger partial charge in [-0.15, -0.1) is 0 Å². The molecule has 4 fully saturated rings. The van der Waals surface area contributed by atoms with Gasteiger partial charge in [0.05, 0.1) is 53.7 Å². The number of esters is 1. The van der Waals surface area contributed by atoms with Crippen LogP contribution in [0.25, 0.3) is 0 Å². The zero-order valence-corrected chi connectivity index (χ0v) is 41.8. The zero-order chi connectivity index (χ0) is 48.1. The number of nitrogens with zero attached hydrogens (tertiary/aromatic N) is 1. The maximum atomic E-state index is 14.8. The molecule has 4 saturated heterocycles. The summed E-state index contributed by atoms with van der Waals surface area (Å²) < 4.78 is 46.2. The first-order valence-corrected chi connectivity index (χ1v) is 25.0. The molecule has 0 aliphatic carbocycles. The molecule has 5 rings (SSSR count). The summed E-state index contributed by atoms with van der Waals surface area (Å²) in [4.78, 5) is 43.2. The highest BCUT2D eigenvalue weighted by molar-refractivity contribution is 5.84. The number of hydrogen-bond donors (Lipinski definition) is 3. The largest absolute Gasteiger partial charge is 0.461 e. The zero-order valence-electron chi connectivity index (χ0n) is 41.8. The first-order chi connectivity index (χ1) is 30.6. The van der Waals surface area contributed by atoms with Crippen LogP contribution < -0.4 is 5.32 Å². The lowest BCUT2D eigenvalue weighted by atomic mass is 9.72. The van der Waals surface area contributed by atoms with Crippen molar-refractivity contribution in [2.24, 2.45) is 41.4 Å². The molecule has 3 N–H and O–H groups in total. The van der Waals surface area contributed by atoms with E-state index in [0.29, 0.717) is 64.3 Å². The molecule has 0 bridgehead atoms. The fraction of sp³-hybridized carbons (Fsp3) is 0.863. The molecule has 18 atom stereocenters. The van der Waals surface area contributed by atoms with Crippen LogP contribution >= 0.6 is 0 Å². The molecule has 0 aromatic heterocycles. The molecule has 0 saturated carbocycles. The van der Waals surface area contributed by atoms with Gasteiger partial charge in [0.1, 0.15) is 12.4 Å². The van der Waals surface area contributed by atoms with E-state index in [1.807, 2.05) is 67.8 Å². The average Bonchev–Trinajstić information content (AvgIpc) is 3.62. The predicted octanol–water partition coefficient (Wildman–Crippen LogP) is 7.52. The minimum Gasteiger partial charge on any atom is -0.461 e. The second-order valence-electron chi connectivity index (χ2n) is 21.0. The van der Waals surface area contributed by atoms with Gasteiger partial charge >= 0.3 is 12.1 Å². The minimum atomic E-state index is -1.44. The quantitative estimate of drug-likeness (QED) is 0.0661. The Hall–Kier alpha value is -2.43. The Labute approximate surface area is 390 Å². The van der Waals surface area contributed by atoms with Crippen LogP contribution in [-0.4, -0.2) is 132 Å². The van der Waals surface area contributed by atoms with Gasteiger partial charge in [-0.05, 0) is 123 Å². The van der Waals surface area contributed by atoms with Gasteiger partial charge in [0.2, 0.25) is 5.79 Å². The van der Waals surface area contributed by atoms with E-state index < -0.39 is 77.0 Å². The van der Waals surface area contributed by atoms with Crippen LogP contribution in [0.2, 0.25) is 0 Å². The van der Waals surface area contributed by atoms with Gasteiger partial charge in [0.25, 0.3) is 0 Å². The second-order valence-corrected chi connectivity index (χ2v) is 21.0. The van der Waals surface area contributed by atoms with Crippen molar-refractivity contribution in [3.63, 3.8) is 0 Å². The van der Waals surface area contributed by atoms with Crippen LogP contribution in [0.5, 0.6) is 0 Å². The average molecular weight is 919 g/mol. The number of aliphatic hydroxyl groups excluding tert-OH is 1. The van der Waals surface area contributed by atoms with E-state index in [2.05, 4.69) is 37.6 Å². The van der Waals surface area contributed by atoms with Crippen molar-refractivity contribution in [2.75, 3.05) is 33.8 Å². The number of nitrogens with one attached hydrogen (secondary N) is 1. The molecule has 0 radical (unpaired) electrons. The van der Waals surface area contributed by atoms with Crippen molar-refractivity contribution in [3.8, 4) is 0 Å². The number of Topliss-reactive ketones (excluding diaryl/α,β-unsaturated/α-hetero) is 1. The SMILES string of the molecule is C=CCOC(=O)[C@H](CC)[C@H]1CC[C@H](C)[C@H]([C@@H](C)[C@H](O)[C@H](C)C(=O)[C@H](CC)[C@H]2O[C@]3(C=C[C@@H](OC(=O)NCCCN(C)C)[C@]4(CC[C@@](C)([C@H]5CC[C@](O)(CC)[C@H](C)O5)O4)O3)[C@H](C)C[C@@H]2C)O1. The van der Waals surface area contributed by atoms with Gasteiger partial charge < -0.3 is 53.6 Å². The highest BCUT2D eigenvalue weighted by Gasteiger charge is 2.64. The fourth-order valence-electron chi connectivity index (χ4n) is 11.6. The Kier molecular flexibility index (Phi) is 18.4. The van der Waals surface area contributed by atoms with E-state index in [1.165, 1.54) is 0 Å². The molecule has 14 heteroatoms. The van der Waals surface area contributed by atoms with Crippen LogP contribution in [0.1, 0.15) is 140 Å². The van der Waals surface area contributed by atoms with Gasteiger partial charge in [-0.1, -0.05) is 68.0 Å². The summed E-state index contributed by atoms with van der Waals surface area (Å²) >= 11 is 0. The smallest absolute Gasteiger partial charge is 0.407 e. The van der Waals surface area contributed by atoms with Gasteiger partial charge in [0, 0.05) is 36.6 Å². The van der Waals surface area contributed by atoms with Crippen molar-refractivity contribution in [1.29, 1.82) is 0 Å². The van der Waals surface area contributed by atoms with E-state index in [9.17, 15) is 24.6 Å². The molecule has 5 aliphatic rings. The van der Waals surface area contributed by atoms with Gasteiger partial charge in [0.15, 0.2) is 11.9 Å². The Morgan fingerprint density at radius 3 is 2.29 bits per heavy atom. The number of carbonyl (C=O) groups is 3. The normalized spacial score (nSPS) is 39.6. The molecule has 2 spiro atoms. The molecule has 5 aliphatic heterocycles. The number of carbonyl (C=O) groups excluding carboxylic acids is 3. The summed E-state index contributed by atoms with van der Waals surface area (Å²) in [6.07, 6.45) is 7.39. The molecule has 5 heterocycles. The van der Waals surface area contributed by atoms with Crippen molar-refractivity contribution >= 4 is 17.8 Å². The molecule has 14 nitrogen and oxygen atoms in total. The fourth-order valence-corrected chi connectivity index (χ4v) is 11.6. The molecular weight excluding hydrogens is 833 g/mol. The molecule has 1 amide bonds. The third-order valence-electron chi connectivity index (χ3n) is 16.0. The number of ether oxygens (including phenoxy) is 7. The Balaban J connectivity index is 1.37. The van der Waals surface area contributed by atoms with E-state index in [1.54, 1.807) is 13.0 Å². The van der Waals surface area contributed by atoms with Crippen molar-refractivity contribution in [1.82, 2.24) is 10.2 Å². The summed E-state index contributed by atoms with van der Waals surface area (Å²) in [5.74, 6) is -5.36. The number of hydrogen-bond acceptors (Lipinski definition) is 13. The van der Waals surface area contributed by atoms with E-state index in [-0.39, 0.29) is 54.4 Å². The third kappa shape index (κ3) is 11.7. The van der Waals surface area contributed by atoms with E-state index in [0.717, 1.165) is 19.4 Å². The van der Waals surface area contributed by atoms with Crippen molar-refractivity contribution in [3.05, 3.63) is 24.8 Å². The summed E-state index contributed by atoms with van der Waals surface area (Å²) in [6, 6.07) is 0. The standard InChI is InChI=1S/C51H86N2O12/c1-14-29-59-46(56)37(15-2)39-20-19-31(5)44(61-39)35(9)42(54)34(8)43(55)38(16-3)45-32(6)30-33(7)50(63-45)24-22-41(62-47(57)52-27-18-28-53(12)13)51(65-50)26-25-48(11,64-51)40-21-23-49(58,17-4)36(10)60-40/h14,22,24,31-42,44-45,54,58H,1,15-21,23,25-30H2,2-13H3,(H,52,57)/t31-,32-,33+,34-,35-,36-,37+,38-,39+,40+,41+,42+,44+,45-,48-,49+,50-,51-/m0/s1. The minimum absolute atomic E-state index is 0.0281. The monoisotopic (exact) mass is 919 g/mol. The van der Waals surface area contributed by atoms with E-state index in [4.69, 9.17) is 33.2 Å². The van der Waals surface area contributed by atoms with Crippen molar-refractivity contribution < 1.29 is 57.8 Å². The topological polar surface area (TPSA) is 172 Å². The van der Waals surface area contributed by atoms with Crippen LogP contribution in [0.15, 0.2) is 24.8 Å². The van der Waals surface area contributed by atoms with Crippen molar-refractivity contribution in [2.45, 2.75) is 205 Å². The van der Waals surface area contributed by atoms with Gasteiger partial charge in [-0.3, -0.25) is 9.59 Å². The summed E-state index contributed by atoms with van der Waals surface area (Å²) in [6.45, 7) is 24.9. The summed E-state index contributed by atoms with van der Waals surface area (Å²) in [5.41, 5.74) is -1.75. The molecule has 65 heavy (non-hydrogen) atoms. The maximum Gasteiger partial charge on any atom is 0.407 e. The van der Waals surface area contributed by atoms with Gasteiger partial charge in [-0.25, -0.2) is 4.79 Å². The molecule has 0 aromatic carbocycles. The van der Waals surface area contributed by atoms with Crippen LogP contribution in [0.4, 0.5) is 4.79 Å². The first kappa shape index (κ1) is 53.5. The molecular formula is C51H86N2O12. The van der Waals surface area contributed by atoms with Crippen LogP contribution in [-0.2, 0) is 42.7 Å². The third-order valence-corrected chi connectivity index (χ3v) is 16.0. The Morgan fingerprint density at radius 2 is 1.66 bits per heavy atom. The predicted molar refractivity (Wildman–Crippen MR) is 248 cm³/mol. The molecule has 0 unspecified atom stereocenters. The summed E-state index contributed by atoms with van der Waals surface area (Å²) in [7, 11) is 3.97.